The Morgan fingerprint density at radius 3 is 2.06 bits per heavy atom. The number of rotatable bonds is 3. The Labute approximate surface area is 112 Å². The van der Waals surface area contributed by atoms with Crippen molar-refractivity contribution in [3.05, 3.63) is 0 Å². The largest absolute Gasteiger partial charge is 0.483 e. The van der Waals surface area contributed by atoms with Crippen molar-refractivity contribution < 1.29 is 9.90 Å². The summed E-state index contributed by atoms with van der Waals surface area (Å²) in [7, 11) is 0. The summed E-state index contributed by atoms with van der Waals surface area (Å²) >= 11 is 0. The molecule has 0 saturated heterocycles. The second-order valence-corrected chi connectivity index (χ2v) is 6.11. The van der Waals surface area contributed by atoms with Gasteiger partial charge in [-0.2, -0.15) is 0 Å². The van der Waals surface area contributed by atoms with E-state index in [0.29, 0.717) is 0 Å². The summed E-state index contributed by atoms with van der Waals surface area (Å²) in [5.41, 5.74) is 0.799. The van der Waals surface area contributed by atoms with Crippen LogP contribution in [-0.4, -0.2) is 11.6 Å². The number of hydrogen-bond donors (Lipinski definition) is 1. The highest BCUT2D eigenvalue weighted by molar-refractivity contribution is 5.32. The van der Waals surface area contributed by atoms with Crippen LogP contribution in [0.25, 0.3) is 0 Å². The molecule has 0 amide bonds. The van der Waals surface area contributed by atoms with Gasteiger partial charge in [0.1, 0.15) is 0 Å². The van der Waals surface area contributed by atoms with E-state index in [1.807, 2.05) is 0 Å². The highest BCUT2D eigenvalue weighted by Gasteiger charge is 2.38. The van der Waals surface area contributed by atoms with Gasteiger partial charge in [-0.05, 0) is 43.4 Å². The molecule has 106 valence electrons. The van der Waals surface area contributed by atoms with Crippen molar-refractivity contribution in [2.24, 2.45) is 11.3 Å². The molecule has 1 N–H and O–H groups in total. The van der Waals surface area contributed by atoms with E-state index in [0.717, 1.165) is 11.3 Å². The van der Waals surface area contributed by atoms with E-state index in [4.69, 9.17) is 9.90 Å². The summed E-state index contributed by atoms with van der Waals surface area (Å²) in [4.78, 5) is 8.36. The third kappa shape index (κ3) is 4.29. The molecule has 0 spiro atoms. The minimum absolute atomic E-state index is 0.250. The molecule has 0 aromatic rings. The molecular weight excluding hydrogens is 224 g/mol. The van der Waals surface area contributed by atoms with Crippen LogP contribution in [-0.2, 0) is 4.79 Å². The van der Waals surface area contributed by atoms with Crippen molar-refractivity contribution >= 4 is 6.47 Å². The second-order valence-electron chi connectivity index (χ2n) is 6.11. The highest BCUT2D eigenvalue weighted by atomic mass is 16.3. The number of carboxylic acid groups (broad SMARTS) is 1. The third-order valence-corrected chi connectivity index (χ3v) is 5.07. The van der Waals surface area contributed by atoms with Crippen LogP contribution in [0.5, 0.6) is 0 Å². The second kappa shape index (κ2) is 8.55. The standard InChI is InChI=1S/C15H28.CH2O2/c1-2-11-15(12-7-4-8-13-15)14-9-5-3-6-10-14;2-1-3/h14H,2-13H2,1H3;1H,(H,2,3). The maximum absolute atomic E-state index is 8.36. The SMILES string of the molecule is CCCC1(C2CCCCC2)CCCCC1.O=CO. The lowest BCUT2D eigenvalue weighted by molar-refractivity contribution is -0.122. The van der Waals surface area contributed by atoms with Gasteiger partial charge < -0.3 is 5.11 Å². The Hall–Kier alpha value is -0.530. The molecule has 2 aliphatic rings. The van der Waals surface area contributed by atoms with Gasteiger partial charge in [-0.3, -0.25) is 4.79 Å². The molecule has 0 atom stereocenters. The Bertz CT molecular complexity index is 208. The van der Waals surface area contributed by atoms with E-state index in [1.165, 1.54) is 51.4 Å². The van der Waals surface area contributed by atoms with Crippen LogP contribution < -0.4 is 0 Å². The van der Waals surface area contributed by atoms with E-state index >= 15 is 0 Å². The predicted molar refractivity (Wildman–Crippen MR) is 75.7 cm³/mol. The normalized spacial score (nSPS) is 23.8. The Balaban J connectivity index is 0.000000492. The Morgan fingerprint density at radius 2 is 1.56 bits per heavy atom. The Morgan fingerprint density at radius 1 is 1.06 bits per heavy atom. The smallest absolute Gasteiger partial charge is 0.290 e. The summed E-state index contributed by atoms with van der Waals surface area (Å²) in [5, 5.41) is 6.89. The molecule has 0 aromatic carbocycles. The van der Waals surface area contributed by atoms with Gasteiger partial charge in [-0.25, -0.2) is 0 Å². The average molecular weight is 254 g/mol. The average Bonchev–Trinajstić information content (AvgIpc) is 2.42. The van der Waals surface area contributed by atoms with E-state index < -0.39 is 0 Å². The van der Waals surface area contributed by atoms with E-state index in [1.54, 1.807) is 25.7 Å². The fourth-order valence-corrected chi connectivity index (χ4v) is 4.33. The number of carbonyl (C=O) groups is 1. The van der Waals surface area contributed by atoms with Crippen molar-refractivity contribution in [2.75, 3.05) is 0 Å². The lowest BCUT2D eigenvalue weighted by atomic mass is 9.60. The Kier molecular flexibility index (Phi) is 7.38. The first-order valence-corrected chi connectivity index (χ1v) is 7.87. The molecule has 2 saturated carbocycles. The maximum atomic E-state index is 8.36. The summed E-state index contributed by atoms with van der Waals surface area (Å²) in [5.74, 6) is 1.10. The molecule has 18 heavy (non-hydrogen) atoms. The molecular formula is C16H30O2. The molecule has 0 aromatic heterocycles. The van der Waals surface area contributed by atoms with Gasteiger partial charge in [0.25, 0.3) is 6.47 Å². The van der Waals surface area contributed by atoms with Gasteiger partial charge in [0.15, 0.2) is 0 Å². The van der Waals surface area contributed by atoms with Gasteiger partial charge in [0, 0.05) is 0 Å². The minimum Gasteiger partial charge on any atom is -0.483 e. The zero-order chi connectivity index (χ0) is 13.3. The number of hydrogen-bond acceptors (Lipinski definition) is 1. The lowest BCUT2D eigenvalue weighted by Gasteiger charge is -2.45. The van der Waals surface area contributed by atoms with Gasteiger partial charge in [-0.1, -0.05) is 51.9 Å². The fraction of sp³-hybridized carbons (Fsp3) is 0.938. The van der Waals surface area contributed by atoms with Crippen molar-refractivity contribution in [2.45, 2.75) is 84.0 Å². The monoisotopic (exact) mass is 254 g/mol. The molecule has 0 unspecified atom stereocenters. The molecule has 2 rings (SSSR count). The molecule has 0 bridgehead atoms. The van der Waals surface area contributed by atoms with Crippen LogP contribution in [0.2, 0.25) is 0 Å². The van der Waals surface area contributed by atoms with Crippen molar-refractivity contribution in [1.82, 2.24) is 0 Å². The first kappa shape index (κ1) is 15.5. The molecule has 0 heterocycles. The minimum atomic E-state index is -0.250. The van der Waals surface area contributed by atoms with Crippen molar-refractivity contribution in [1.29, 1.82) is 0 Å². The first-order valence-electron chi connectivity index (χ1n) is 7.87. The zero-order valence-electron chi connectivity index (χ0n) is 12.0. The molecule has 0 aliphatic heterocycles. The van der Waals surface area contributed by atoms with E-state index in [-0.39, 0.29) is 6.47 Å². The topological polar surface area (TPSA) is 37.3 Å². The van der Waals surface area contributed by atoms with Crippen LogP contribution in [0.1, 0.15) is 84.0 Å². The van der Waals surface area contributed by atoms with E-state index in [9.17, 15) is 0 Å². The summed E-state index contributed by atoms with van der Waals surface area (Å²) < 4.78 is 0. The third-order valence-electron chi connectivity index (χ3n) is 5.07. The van der Waals surface area contributed by atoms with Gasteiger partial charge >= 0.3 is 0 Å². The van der Waals surface area contributed by atoms with Crippen LogP contribution in [0.4, 0.5) is 0 Å². The van der Waals surface area contributed by atoms with Gasteiger partial charge in [0.2, 0.25) is 0 Å². The maximum Gasteiger partial charge on any atom is 0.290 e. The quantitative estimate of drug-likeness (QED) is 0.718. The lowest BCUT2D eigenvalue weighted by Crippen LogP contribution is -2.34. The predicted octanol–water partition coefficient (Wildman–Crippen LogP) is 5.02. The summed E-state index contributed by atoms with van der Waals surface area (Å²) in [6.07, 6.45) is 18.3. The summed E-state index contributed by atoms with van der Waals surface area (Å²) in [6.45, 7) is 2.14. The van der Waals surface area contributed by atoms with Crippen LogP contribution >= 0.6 is 0 Å². The van der Waals surface area contributed by atoms with Crippen LogP contribution in [0.3, 0.4) is 0 Å². The van der Waals surface area contributed by atoms with Gasteiger partial charge in [-0.15, -0.1) is 0 Å². The van der Waals surface area contributed by atoms with E-state index in [2.05, 4.69) is 6.92 Å². The van der Waals surface area contributed by atoms with Crippen molar-refractivity contribution in [3.8, 4) is 0 Å². The van der Waals surface area contributed by atoms with Crippen molar-refractivity contribution in [3.63, 3.8) is 0 Å². The highest BCUT2D eigenvalue weighted by Crippen LogP contribution is 2.50. The van der Waals surface area contributed by atoms with Gasteiger partial charge in [0.05, 0.1) is 0 Å². The van der Waals surface area contributed by atoms with Crippen LogP contribution in [0.15, 0.2) is 0 Å². The first-order chi connectivity index (χ1) is 8.79. The molecule has 2 heteroatoms. The fourth-order valence-electron chi connectivity index (χ4n) is 4.33. The molecule has 2 nitrogen and oxygen atoms in total. The van der Waals surface area contributed by atoms with Crippen LogP contribution in [0, 0.1) is 11.3 Å². The zero-order valence-corrected chi connectivity index (χ0v) is 12.0. The molecule has 2 fully saturated rings. The molecule has 0 radical (unpaired) electrons. The molecule has 2 aliphatic carbocycles. The summed E-state index contributed by atoms with van der Waals surface area (Å²) in [6, 6.07) is 0.